The highest BCUT2D eigenvalue weighted by Crippen LogP contribution is 2.45. The monoisotopic (exact) mass is 477 g/mol. The molecular weight excluding hydrogens is 442 g/mol. The van der Waals surface area contributed by atoms with E-state index in [9.17, 15) is 22.8 Å². The first-order chi connectivity index (χ1) is 15.5. The van der Waals surface area contributed by atoms with Gasteiger partial charge in [-0.15, -0.1) is 0 Å². The summed E-state index contributed by atoms with van der Waals surface area (Å²) in [6.45, 7) is 6.44. The molecular formula is C24H35N3O5S. The fraction of sp³-hybridized carbons (Fsp3) is 0.625. The minimum absolute atomic E-state index is 0.0984. The third-order valence-electron chi connectivity index (χ3n) is 7.42. The van der Waals surface area contributed by atoms with E-state index < -0.39 is 27.3 Å². The molecule has 9 heteroatoms. The fourth-order valence-corrected chi connectivity index (χ4v) is 6.11. The van der Waals surface area contributed by atoms with Crippen molar-refractivity contribution >= 4 is 27.7 Å². The number of benzene rings is 1. The molecule has 8 nitrogen and oxygen atoms in total. The highest BCUT2D eigenvalue weighted by atomic mass is 32.2. The molecule has 1 aromatic carbocycles. The molecule has 1 saturated carbocycles. The molecule has 1 aliphatic heterocycles. The second-order valence-corrected chi connectivity index (χ2v) is 12.0. The lowest BCUT2D eigenvalue weighted by atomic mass is 9.65. The van der Waals surface area contributed by atoms with Crippen LogP contribution < -0.4 is 10.6 Å². The Hall–Kier alpha value is -2.42. The number of nitrogens with one attached hydrogen (secondary N) is 2. The number of hydrogen-bond acceptors (Lipinski definition) is 5. The molecule has 1 heterocycles. The number of hydrogen-bond donors (Lipinski definition) is 2. The Kier molecular flexibility index (Phi) is 7.51. The van der Waals surface area contributed by atoms with Crippen molar-refractivity contribution in [2.24, 2.45) is 11.3 Å². The van der Waals surface area contributed by atoms with Gasteiger partial charge in [-0.1, -0.05) is 45.4 Å². The molecule has 3 rings (SSSR count). The van der Waals surface area contributed by atoms with Crippen LogP contribution in [-0.4, -0.2) is 55.5 Å². The van der Waals surface area contributed by atoms with Crippen LogP contribution in [0, 0.1) is 11.3 Å². The molecule has 33 heavy (non-hydrogen) atoms. The largest absolute Gasteiger partial charge is 0.355 e. The van der Waals surface area contributed by atoms with Crippen LogP contribution in [-0.2, 0) is 19.4 Å². The molecule has 2 fully saturated rings. The number of rotatable bonds is 9. The van der Waals surface area contributed by atoms with E-state index in [4.69, 9.17) is 0 Å². The molecule has 0 radical (unpaired) electrons. The van der Waals surface area contributed by atoms with Crippen LogP contribution in [0.4, 0.5) is 4.79 Å². The summed E-state index contributed by atoms with van der Waals surface area (Å²) in [6.07, 6.45) is 4.19. The zero-order valence-corrected chi connectivity index (χ0v) is 20.5. The molecule has 1 spiro atoms. The van der Waals surface area contributed by atoms with Crippen molar-refractivity contribution in [2.45, 2.75) is 69.7 Å². The quantitative estimate of drug-likeness (QED) is 0.419. The molecule has 4 amide bonds. The number of carbonyl (C=O) groups excluding carboxylic acids is 3. The summed E-state index contributed by atoms with van der Waals surface area (Å²) in [5.74, 6) is -0.406. The van der Waals surface area contributed by atoms with Gasteiger partial charge in [-0.2, -0.15) is 0 Å². The van der Waals surface area contributed by atoms with Gasteiger partial charge in [0.05, 0.1) is 10.6 Å². The maximum absolute atomic E-state index is 13.1. The van der Waals surface area contributed by atoms with Crippen molar-refractivity contribution in [3.05, 3.63) is 30.3 Å². The molecule has 0 aromatic heterocycles. The molecule has 2 aliphatic rings. The molecule has 1 aromatic rings. The topological polar surface area (TPSA) is 113 Å². The minimum atomic E-state index is -3.41. The maximum atomic E-state index is 13.1. The van der Waals surface area contributed by atoms with Crippen molar-refractivity contribution in [1.29, 1.82) is 0 Å². The fourth-order valence-electron chi connectivity index (χ4n) is 4.77. The van der Waals surface area contributed by atoms with Gasteiger partial charge < -0.3 is 10.6 Å². The van der Waals surface area contributed by atoms with Crippen LogP contribution in [0.25, 0.3) is 0 Å². The van der Waals surface area contributed by atoms with Gasteiger partial charge in [0.1, 0.15) is 12.1 Å². The van der Waals surface area contributed by atoms with Gasteiger partial charge in [-0.05, 0) is 55.6 Å². The first-order valence-electron chi connectivity index (χ1n) is 11.7. The van der Waals surface area contributed by atoms with E-state index in [1.807, 2.05) is 0 Å². The predicted molar refractivity (Wildman–Crippen MR) is 125 cm³/mol. The number of sulfone groups is 1. The minimum Gasteiger partial charge on any atom is -0.355 e. The Morgan fingerprint density at radius 3 is 2.42 bits per heavy atom. The van der Waals surface area contributed by atoms with Crippen molar-refractivity contribution in [3.63, 3.8) is 0 Å². The van der Waals surface area contributed by atoms with E-state index >= 15 is 0 Å². The highest BCUT2D eigenvalue weighted by Gasteiger charge is 2.53. The van der Waals surface area contributed by atoms with E-state index in [1.54, 1.807) is 18.2 Å². The van der Waals surface area contributed by atoms with E-state index in [0.717, 1.165) is 24.2 Å². The zero-order chi connectivity index (χ0) is 24.3. The van der Waals surface area contributed by atoms with Gasteiger partial charge in [0.15, 0.2) is 9.84 Å². The number of amides is 4. The van der Waals surface area contributed by atoms with Crippen molar-refractivity contribution in [2.75, 3.05) is 18.8 Å². The Morgan fingerprint density at radius 1 is 1.18 bits per heavy atom. The smallest absolute Gasteiger partial charge is 0.325 e. The predicted octanol–water partition coefficient (Wildman–Crippen LogP) is 2.88. The first-order valence-corrected chi connectivity index (χ1v) is 13.3. The second kappa shape index (κ2) is 9.83. The van der Waals surface area contributed by atoms with Gasteiger partial charge in [-0.3, -0.25) is 14.5 Å². The van der Waals surface area contributed by atoms with Crippen molar-refractivity contribution < 1.29 is 22.8 Å². The summed E-state index contributed by atoms with van der Waals surface area (Å²) in [4.78, 5) is 39.1. The van der Waals surface area contributed by atoms with Gasteiger partial charge in [0, 0.05) is 6.54 Å². The molecule has 1 saturated heterocycles. The average molecular weight is 478 g/mol. The highest BCUT2D eigenvalue weighted by molar-refractivity contribution is 7.91. The standard InChI is InChI=1S/C24H35N3O5S/c1-4-23(2,3)18-11-13-24(14-12-18)21(29)27(22(30)26-24)17-20(28)25-15-8-16-33(31,32)19-9-6-5-7-10-19/h5-7,9-10,18H,4,8,11-17H2,1-3H3,(H,25,28)(H,26,30). The van der Waals surface area contributed by atoms with Crippen LogP contribution in [0.15, 0.2) is 35.2 Å². The summed E-state index contributed by atoms with van der Waals surface area (Å²) in [7, 11) is -3.41. The van der Waals surface area contributed by atoms with Crippen LogP contribution in [0.2, 0.25) is 0 Å². The number of carbonyl (C=O) groups is 3. The van der Waals surface area contributed by atoms with E-state index in [1.165, 1.54) is 12.1 Å². The van der Waals surface area contributed by atoms with Gasteiger partial charge in [0.25, 0.3) is 5.91 Å². The summed E-state index contributed by atoms with van der Waals surface area (Å²) >= 11 is 0. The van der Waals surface area contributed by atoms with Gasteiger partial charge in [0.2, 0.25) is 5.91 Å². The van der Waals surface area contributed by atoms with Gasteiger partial charge in [-0.25, -0.2) is 13.2 Å². The lowest BCUT2D eigenvalue weighted by Gasteiger charge is -2.42. The Labute approximate surface area is 196 Å². The van der Waals surface area contributed by atoms with E-state index in [0.29, 0.717) is 18.8 Å². The lowest BCUT2D eigenvalue weighted by Crippen LogP contribution is -2.51. The SMILES string of the molecule is CCC(C)(C)C1CCC2(CC1)NC(=O)N(CC(=O)NCCCS(=O)(=O)c1ccccc1)C2=O. The van der Waals surface area contributed by atoms with Crippen molar-refractivity contribution in [1.82, 2.24) is 15.5 Å². The number of nitrogens with zero attached hydrogens (tertiary/aromatic N) is 1. The second-order valence-electron chi connectivity index (χ2n) is 9.86. The number of imide groups is 1. The van der Waals surface area contributed by atoms with E-state index in [2.05, 4.69) is 31.4 Å². The first kappa shape index (κ1) is 25.2. The normalized spacial score (nSPS) is 23.6. The molecule has 0 atom stereocenters. The molecule has 0 bridgehead atoms. The van der Waals surface area contributed by atoms with Crippen LogP contribution >= 0.6 is 0 Å². The molecule has 182 valence electrons. The maximum Gasteiger partial charge on any atom is 0.325 e. The zero-order valence-electron chi connectivity index (χ0n) is 19.7. The Bertz CT molecular complexity index is 983. The molecule has 0 unspecified atom stereocenters. The van der Waals surface area contributed by atoms with Gasteiger partial charge >= 0.3 is 6.03 Å². The summed E-state index contributed by atoms with van der Waals surface area (Å²) < 4.78 is 24.6. The van der Waals surface area contributed by atoms with Crippen LogP contribution in [0.1, 0.15) is 59.3 Å². The van der Waals surface area contributed by atoms with Crippen molar-refractivity contribution in [3.8, 4) is 0 Å². The summed E-state index contributed by atoms with van der Waals surface area (Å²) in [5.41, 5.74) is -0.706. The molecule has 1 aliphatic carbocycles. The van der Waals surface area contributed by atoms with Crippen LogP contribution in [0.3, 0.4) is 0 Å². The van der Waals surface area contributed by atoms with Crippen LogP contribution in [0.5, 0.6) is 0 Å². The Balaban J connectivity index is 1.48. The summed E-state index contributed by atoms with van der Waals surface area (Å²) in [6, 6.07) is 7.62. The van der Waals surface area contributed by atoms with E-state index in [-0.39, 0.29) is 41.5 Å². The number of urea groups is 1. The molecule has 2 N–H and O–H groups in total. The average Bonchev–Trinajstić information content (AvgIpc) is 3.01. The summed E-state index contributed by atoms with van der Waals surface area (Å²) in [5, 5.41) is 5.47. The third kappa shape index (κ3) is 5.57. The Morgan fingerprint density at radius 2 is 1.82 bits per heavy atom. The third-order valence-corrected chi connectivity index (χ3v) is 9.23. The lowest BCUT2D eigenvalue weighted by molar-refractivity contribution is -0.136.